The van der Waals surface area contributed by atoms with E-state index in [2.05, 4.69) is 53.0 Å². The Morgan fingerprint density at radius 2 is 1.77 bits per heavy atom. The Balaban J connectivity index is 2.00. The predicted molar refractivity (Wildman–Crippen MR) is 97.0 cm³/mol. The maximum atomic E-state index is 6.15. The van der Waals surface area contributed by atoms with Gasteiger partial charge in [-0.05, 0) is 57.0 Å². The van der Waals surface area contributed by atoms with Crippen LogP contribution in [0.3, 0.4) is 0 Å². The van der Waals surface area contributed by atoms with Crippen LogP contribution in [0, 0.1) is 5.92 Å². The van der Waals surface area contributed by atoms with Gasteiger partial charge in [-0.25, -0.2) is 0 Å². The van der Waals surface area contributed by atoms with Crippen LogP contribution < -0.4 is 4.78 Å². The first-order valence-electron chi connectivity index (χ1n) is 8.72. The molecule has 0 bridgehead atoms. The van der Waals surface area contributed by atoms with Crippen molar-refractivity contribution < 1.29 is 9.31 Å². The summed E-state index contributed by atoms with van der Waals surface area (Å²) >= 11 is 1.77. The summed E-state index contributed by atoms with van der Waals surface area (Å²) < 4.78 is 13.5. The molecule has 1 saturated heterocycles. The van der Waals surface area contributed by atoms with Crippen molar-refractivity contribution in [2.45, 2.75) is 84.8 Å². The van der Waals surface area contributed by atoms with Gasteiger partial charge >= 0.3 is 7.12 Å². The Morgan fingerprint density at radius 3 is 2.32 bits per heavy atom. The lowest BCUT2D eigenvalue weighted by Gasteiger charge is -2.32. The minimum Gasteiger partial charge on any atom is -0.399 e. The average molecular weight is 322 g/mol. The maximum Gasteiger partial charge on any atom is 0.505 e. The molecule has 0 aliphatic carbocycles. The molecule has 1 aliphatic rings. The van der Waals surface area contributed by atoms with E-state index >= 15 is 0 Å². The molecule has 2 rings (SSSR count). The lowest BCUT2D eigenvalue weighted by Crippen LogP contribution is -2.41. The van der Waals surface area contributed by atoms with Crippen LogP contribution in [0.1, 0.15) is 72.8 Å². The first-order chi connectivity index (χ1) is 10.3. The fourth-order valence-corrected chi connectivity index (χ4v) is 3.74. The average Bonchev–Trinajstić information content (AvgIpc) is 2.98. The summed E-state index contributed by atoms with van der Waals surface area (Å²) in [6.45, 7) is 13.0. The van der Waals surface area contributed by atoms with Crippen LogP contribution in [0.15, 0.2) is 11.4 Å². The van der Waals surface area contributed by atoms with Crippen molar-refractivity contribution in [2.75, 3.05) is 0 Å². The van der Waals surface area contributed by atoms with Gasteiger partial charge in [-0.2, -0.15) is 11.3 Å². The van der Waals surface area contributed by atoms with E-state index in [0.717, 1.165) is 5.92 Å². The fourth-order valence-electron chi connectivity index (χ4n) is 2.86. The molecule has 0 spiro atoms. The standard InChI is InChI=1S/C18H31BO2S/c1-7-9-10-14(8-2)11-15-12-16(22-13-15)19-20-17(3,4)18(5,6)21-19/h12-14H,7-11H2,1-6H3. The van der Waals surface area contributed by atoms with E-state index in [0.29, 0.717) is 0 Å². The molecule has 2 nitrogen and oxygen atoms in total. The molecule has 0 saturated carbocycles. The Labute approximate surface area is 140 Å². The van der Waals surface area contributed by atoms with Gasteiger partial charge < -0.3 is 9.31 Å². The van der Waals surface area contributed by atoms with E-state index in [1.54, 1.807) is 11.3 Å². The van der Waals surface area contributed by atoms with E-state index in [9.17, 15) is 0 Å². The van der Waals surface area contributed by atoms with Crippen LogP contribution >= 0.6 is 11.3 Å². The summed E-state index contributed by atoms with van der Waals surface area (Å²) in [5, 5.41) is 2.29. The SMILES string of the molecule is CCCCC(CC)Cc1csc(B2OC(C)(C)C(C)(C)O2)c1. The molecule has 2 heterocycles. The van der Waals surface area contributed by atoms with E-state index in [1.807, 2.05) is 0 Å². The molecule has 124 valence electrons. The number of hydrogen-bond donors (Lipinski definition) is 0. The third-order valence-corrected chi connectivity index (χ3v) is 6.23. The smallest absolute Gasteiger partial charge is 0.399 e. The van der Waals surface area contributed by atoms with Gasteiger partial charge in [0, 0.05) is 4.78 Å². The second kappa shape index (κ2) is 7.06. The highest BCUT2D eigenvalue weighted by Crippen LogP contribution is 2.37. The van der Waals surface area contributed by atoms with Crippen LogP contribution in [0.2, 0.25) is 0 Å². The molecule has 0 N–H and O–H groups in total. The van der Waals surface area contributed by atoms with Crippen molar-refractivity contribution in [2.24, 2.45) is 5.92 Å². The van der Waals surface area contributed by atoms with Gasteiger partial charge in [-0.1, -0.05) is 39.5 Å². The third kappa shape index (κ3) is 3.96. The summed E-state index contributed by atoms with van der Waals surface area (Å²) in [6.07, 6.45) is 6.43. The lowest BCUT2D eigenvalue weighted by molar-refractivity contribution is 0.00578. The van der Waals surface area contributed by atoms with Gasteiger partial charge in [0.15, 0.2) is 0 Å². The van der Waals surface area contributed by atoms with Crippen LogP contribution in [0.4, 0.5) is 0 Å². The summed E-state index contributed by atoms with van der Waals surface area (Å²) in [4.78, 5) is 0. The molecule has 1 aromatic heterocycles. The second-order valence-corrected chi connectivity index (χ2v) is 8.51. The maximum absolute atomic E-state index is 6.15. The van der Waals surface area contributed by atoms with Crippen molar-refractivity contribution in [3.63, 3.8) is 0 Å². The minimum absolute atomic E-state index is 0.209. The fraction of sp³-hybridized carbons (Fsp3) is 0.778. The molecule has 0 radical (unpaired) electrons. The molecule has 1 unspecified atom stereocenters. The Bertz CT molecular complexity index is 465. The largest absolute Gasteiger partial charge is 0.505 e. The molecular formula is C18H31BO2S. The molecule has 1 aromatic rings. The zero-order valence-corrected chi connectivity index (χ0v) is 15.9. The van der Waals surface area contributed by atoms with Gasteiger partial charge in [-0.15, -0.1) is 0 Å². The van der Waals surface area contributed by atoms with Gasteiger partial charge in [0.1, 0.15) is 0 Å². The van der Waals surface area contributed by atoms with E-state index < -0.39 is 0 Å². The molecule has 1 aliphatic heterocycles. The highest BCUT2D eigenvalue weighted by molar-refractivity contribution is 7.20. The molecule has 4 heteroatoms. The zero-order chi connectivity index (χ0) is 16.4. The Kier molecular flexibility index (Phi) is 5.79. The summed E-state index contributed by atoms with van der Waals surface area (Å²) in [5.41, 5.74) is 0.932. The Hall–Kier alpha value is -0.315. The molecule has 22 heavy (non-hydrogen) atoms. The third-order valence-electron chi connectivity index (χ3n) is 5.23. The molecule has 1 atom stereocenters. The zero-order valence-electron chi connectivity index (χ0n) is 15.1. The number of rotatable bonds is 7. The highest BCUT2D eigenvalue weighted by atomic mass is 32.1. The van der Waals surface area contributed by atoms with E-state index in [1.165, 1.54) is 42.4 Å². The van der Waals surface area contributed by atoms with Crippen molar-refractivity contribution >= 4 is 23.2 Å². The quantitative estimate of drug-likeness (QED) is 0.671. The summed E-state index contributed by atoms with van der Waals surface area (Å²) in [5.74, 6) is 0.806. The number of hydrogen-bond acceptors (Lipinski definition) is 3. The lowest BCUT2D eigenvalue weighted by atomic mass is 9.86. The van der Waals surface area contributed by atoms with Crippen LogP contribution in [-0.2, 0) is 15.7 Å². The van der Waals surface area contributed by atoms with Crippen LogP contribution in [0.25, 0.3) is 0 Å². The monoisotopic (exact) mass is 322 g/mol. The van der Waals surface area contributed by atoms with Gasteiger partial charge in [0.25, 0.3) is 0 Å². The molecular weight excluding hydrogens is 291 g/mol. The molecule has 0 amide bonds. The second-order valence-electron chi connectivity index (χ2n) is 7.57. The number of thiophene rings is 1. The molecule has 1 fully saturated rings. The van der Waals surface area contributed by atoms with Crippen molar-refractivity contribution in [3.05, 3.63) is 17.0 Å². The van der Waals surface area contributed by atoms with E-state index in [4.69, 9.17) is 9.31 Å². The first-order valence-corrected chi connectivity index (χ1v) is 9.60. The first kappa shape index (κ1) is 18.0. The van der Waals surface area contributed by atoms with E-state index in [-0.39, 0.29) is 18.3 Å². The van der Waals surface area contributed by atoms with Gasteiger partial charge in [-0.3, -0.25) is 0 Å². The van der Waals surface area contributed by atoms with Gasteiger partial charge in [0.05, 0.1) is 11.2 Å². The van der Waals surface area contributed by atoms with Crippen molar-refractivity contribution in [1.29, 1.82) is 0 Å². The van der Waals surface area contributed by atoms with Crippen molar-refractivity contribution in [1.82, 2.24) is 0 Å². The minimum atomic E-state index is -0.255. The van der Waals surface area contributed by atoms with Gasteiger partial charge in [0.2, 0.25) is 0 Å². The van der Waals surface area contributed by atoms with Crippen molar-refractivity contribution in [3.8, 4) is 0 Å². The summed E-state index contributed by atoms with van der Waals surface area (Å²) in [7, 11) is -0.209. The Morgan fingerprint density at radius 1 is 1.14 bits per heavy atom. The molecule has 0 aromatic carbocycles. The number of unbranched alkanes of at least 4 members (excludes halogenated alkanes) is 1. The normalized spacial score (nSPS) is 21.3. The van der Waals surface area contributed by atoms with Crippen LogP contribution in [0.5, 0.6) is 0 Å². The van der Waals surface area contributed by atoms with Crippen LogP contribution in [-0.4, -0.2) is 18.3 Å². The predicted octanol–water partition coefficient (Wildman–Crippen LogP) is 4.81. The topological polar surface area (TPSA) is 18.5 Å². The summed E-state index contributed by atoms with van der Waals surface area (Å²) in [6, 6.07) is 2.29. The highest BCUT2D eigenvalue weighted by Gasteiger charge is 2.52.